The summed E-state index contributed by atoms with van der Waals surface area (Å²) in [5.41, 5.74) is 0.793. The molecule has 1 N–H and O–H groups in total. The third kappa shape index (κ3) is 8.02. The smallest absolute Gasteiger partial charge is 0.244 e. The molecule has 0 aliphatic heterocycles. The van der Waals surface area contributed by atoms with E-state index < -0.39 is 28.5 Å². The van der Waals surface area contributed by atoms with E-state index in [4.69, 9.17) is 27.9 Å². The molecule has 0 aromatic heterocycles. The standard InChI is InChI=1S/C24H31Cl2N3O5S/c1-16(2)13-27-24(31)17(3)28(14-18-8-6-9-19(12-18)34-4)22(30)15-29(35(5,32)33)21-11-7-10-20(25)23(21)26/h6-12,16-17H,13-15H2,1-5H3,(H,27,31). The molecule has 11 heteroatoms. The van der Waals surface area contributed by atoms with Gasteiger partial charge in [0.1, 0.15) is 18.3 Å². The van der Waals surface area contributed by atoms with Gasteiger partial charge < -0.3 is 15.0 Å². The third-order valence-electron chi connectivity index (χ3n) is 5.22. The highest BCUT2D eigenvalue weighted by Crippen LogP contribution is 2.33. The number of ether oxygens (including phenoxy) is 1. The third-order valence-corrected chi connectivity index (χ3v) is 7.15. The maximum Gasteiger partial charge on any atom is 0.244 e. The first-order valence-corrected chi connectivity index (χ1v) is 13.6. The average molecular weight is 545 g/mol. The number of hydrogen-bond donors (Lipinski definition) is 1. The van der Waals surface area contributed by atoms with E-state index in [1.165, 1.54) is 24.1 Å². The van der Waals surface area contributed by atoms with Crippen molar-refractivity contribution >= 4 is 50.7 Å². The van der Waals surface area contributed by atoms with Crippen LogP contribution in [0.2, 0.25) is 10.0 Å². The van der Waals surface area contributed by atoms with Gasteiger partial charge in [0, 0.05) is 13.1 Å². The van der Waals surface area contributed by atoms with Crippen LogP contribution >= 0.6 is 23.2 Å². The number of carbonyl (C=O) groups is 2. The number of anilines is 1. The molecule has 1 unspecified atom stereocenters. The molecular weight excluding hydrogens is 513 g/mol. The molecule has 0 bridgehead atoms. The van der Waals surface area contributed by atoms with E-state index in [-0.39, 0.29) is 34.1 Å². The summed E-state index contributed by atoms with van der Waals surface area (Å²) < 4.78 is 31.4. The Morgan fingerprint density at radius 2 is 1.74 bits per heavy atom. The lowest BCUT2D eigenvalue weighted by Gasteiger charge is -2.32. The molecule has 0 spiro atoms. The molecule has 2 amide bonds. The number of amides is 2. The van der Waals surface area contributed by atoms with Crippen LogP contribution in [0.1, 0.15) is 26.3 Å². The molecule has 0 heterocycles. The second-order valence-electron chi connectivity index (χ2n) is 8.53. The van der Waals surface area contributed by atoms with Crippen LogP contribution in [0.4, 0.5) is 5.69 Å². The summed E-state index contributed by atoms with van der Waals surface area (Å²) in [5, 5.41) is 2.99. The zero-order valence-corrected chi connectivity index (χ0v) is 22.7. The highest BCUT2D eigenvalue weighted by molar-refractivity contribution is 7.92. The highest BCUT2D eigenvalue weighted by Gasteiger charge is 2.31. The first kappa shape index (κ1) is 28.7. The maximum absolute atomic E-state index is 13.5. The van der Waals surface area contributed by atoms with Crippen molar-refractivity contribution in [2.75, 3.05) is 30.8 Å². The van der Waals surface area contributed by atoms with E-state index in [0.717, 1.165) is 10.6 Å². The van der Waals surface area contributed by atoms with Crippen molar-refractivity contribution in [3.05, 3.63) is 58.1 Å². The Labute approximate surface area is 217 Å². The molecule has 0 saturated carbocycles. The van der Waals surface area contributed by atoms with Gasteiger partial charge >= 0.3 is 0 Å². The largest absolute Gasteiger partial charge is 0.497 e. The van der Waals surface area contributed by atoms with E-state index in [2.05, 4.69) is 5.32 Å². The summed E-state index contributed by atoms with van der Waals surface area (Å²) in [4.78, 5) is 27.7. The minimum absolute atomic E-state index is 0.00876. The van der Waals surface area contributed by atoms with Gasteiger partial charge in [0.05, 0.1) is 29.1 Å². The first-order valence-electron chi connectivity index (χ1n) is 11.0. The summed E-state index contributed by atoms with van der Waals surface area (Å²) in [6, 6.07) is 10.7. The topological polar surface area (TPSA) is 96.0 Å². The number of benzene rings is 2. The predicted molar refractivity (Wildman–Crippen MR) is 140 cm³/mol. The van der Waals surface area contributed by atoms with Gasteiger partial charge in [-0.3, -0.25) is 13.9 Å². The lowest BCUT2D eigenvalue weighted by atomic mass is 10.1. The number of carbonyl (C=O) groups excluding carboxylic acids is 2. The Bertz CT molecular complexity index is 1160. The van der Waals surface area contributed by atoms with E-state index in [0.29, 0.717) is 17.9 Å². The molecule has 0 aliphatic carbocycles. The normalized spacial score (nSPS) is 12.2. The fourth-order valence-corrected chi connectivity index (χ4v) is 4.58. The van der Waals surface area contributed by atoms with Crippen LogP contribution in [0.15, 0.2) is 42.5 Å². The Morgan fingerprint density at radius 1 is 1.09 bits per heavy atom. The summed E-state index contributed by atoms with van der Waals surface area (Å²) in [5.74, 6) is -0.113. The van der Waals surface area contributed by atoms with Gasteiger partial charge in [0.25, 0.3) is 0 Å². The van der Waals surface area contributed by atoms with E-state index >= 15 is 0 Å². The van der Waals surface area contributed by atoms with Gasteiger partial charge in [0.2, 0.25) is 21.8 Å². The minimum atomic E-state index is -3.91. The Morgan fingerprint density at radius 3 is 2.34 bits per heavy atom. The molecule has 0 saturated heterocycles. The average Bonchev–Trinajstić information content (AvgIpc) is 2.80. The molecule has 0 aliphatic rings. The molecule has 2 rings (SSSR count). The molecular formula is C24H31Cl2N3O5S. The summed E-state index contributed by atoms with van der Waals surface area (Å²) in [6.45, 7) is 5.46. The van der Waals surface area contributed by atoms with Crippen LogP contribution in [0.5, 0.6) is 5.75 Å². The Hall–Kier alpha value is -2.49. The molecule has 192 valence electrons. The van der Waals surface area contributed by atoms with Crippen LogP contribution in [-0.2, 0) is 26.2 Å². The van der Waals surface area contributed by atoms with Crippen LogP contribution in [0, 0.1) is 5.92 Å². The molecule has 2 aromatic carbocycles. The van der Waals surface area contributed by atoms with Crippen LogP contribution in [-0.4, -0.2) is 57.6 Å². The fraction of sp³-hybridized carbons (Fsp3) is 0.417. The quantitative estimate of drug-likeness (QED) is 0.462. The molecule has 0 fully saturated rings. The number of hydrogen-bond acceptors (Lipinski definition) is 5. The van der Waals surface area contributed by atoms with Crippen molar-refractivity contribution in [3.8, 4) is 5.75 Å². The summed E-state index contributed by atoms with van der Waals surface area (Å²) in [7, 11) is -2.38. The van der Waals surface area contributed by atoms with E-state index in [9.17, 15) is 18.0 Å². The lowest BCUT2D eigenvalue weighted by molar-refractivity contribution is -0.139. The van der Waals surface area contributed by atoms with Crippen molar-refractivity contribution < 1.29 is 22.7 Å². The summed E-state index contributed by atoms with van der Waals surface area (Å²) in [6.07, 6.45) is 0.975. The van der Waals surface area contributed by atoms with Gasteiger partial charge in [-0.25, -0.2) is 8.42 Å². The number of methoxy groups -OCH3 is 1. The van der Waals surface area contributed by atoms with Crippen LogP contribution in [0.3, 0.4) is 0 Å². The Kier molecular flexibility index (Phi) is 10.2. The number of sulfonamides is 1. The van der Waals surface area contributed by atoms with Crippen LogP contribution < -0.4 is 14.4 Å². The fourth-order valence-electron chi connectivity index (χ4n) is 3.28. The van der Waals surface area contributed by atoms with Gasteiger partial charge in [-0.1, -0.05) is 55.2 Å². The van der Waals surface area contributed by atoms with Crippen molar-refractivity contribution in [3.63, 3.8) is 0 Å². The van der Waals surface area contributed by atoms with Gasteiger partial charge in [-0.05, 0) is 42.7 Å². The lowest BCUT2D eigenvalue weighted by Crippen LogP contribution is -2.51. The van der Waals surface area contributed by atoms with Gasteiger partial charge in [-0.2, -0.15) is 0 Å². The molecule has 0 radical (unpaired) electrons. The highest BCUT2D eigenvalue weighted by atomic mass is 35.5. The SMILES string of the molecule is COc1cccc(CN(C(=O)CN(c2cccc(Cl)c2Cl)S(C)(=O)=O)C(C)C(=O)NCC(C)C)c1. The molecule has 8 nitrogen and oxygen atoms in total. The van der Waals surface area contributed by atoms with Crippen LogP contribution in [0.25, 0.3) is 0 Å². The van der Waals surface area contributed by atoms with Gasteiger partial charge in [-0.15, -0.1) is 0 Å². The molecule has 35 heavy (non-hydrogen) atoms. The van der Waals surface area contributed by atoms with Gasteiger partial charge in [0.15, 0.2) is 0 Å². The Balaban J connectivity index is 2.43. The van der Waals surface area contributed by atoms with E-state index in [1.807, 2.05) is 13.8 Å². The molecule has 1 atom stereocenters. The second kappa shape index (κ2) is 12.5. The van der Waals surface area contributed by atoms with Crippen molar-refractivity contribution in [2.24, 2.45) is 5.92 Å². The van der Waals surface area contributed by atoms with Crippen molar-refractivity contribution in [1.29, 1.82) is 0 Å². The number of nitrogens with one attached hydrogen (secondary N) is 1. The zero-order valence-electron chi connectivity index (χ0n) is 20.4. The zero-order chi connectivity index (χ0) is 26.3. The number of nitrogens with zero attached hydrogens (tertiary/aromatic N) is 2. The maximum atomic E-state index is 13.5. The number of halogens is 2. The molecule has 2 aromatic rings. The summed E-state index contributed by atoms with van der Waals surface area (Å²) >= 11 is 12.3. The monoisotopic (exact) mass is 543 g/mol. The van der Waals surface area contributed by atoms with E-state index in [1.54, 1.807) is 37.3 Å². The minimum Gasteiger partial charge on any atom is -0.497 e. The van der Waals surface area contributed by atoms with Crippen molar-refractivity contribution in [1.82, 2.24) is 10.2 Å². The van der Waals surface area contributed by atoms with Crippen molar-refractivity contribution in [2.45, 2.75) is 33.4 Å². The second-order valence-corrected chi connectivity index (χ2v) is 11.2. The first-order chi connectivity index (χ1) is 16.3. The number of rotatable bonds is 11. The predicted octanol–water partition coefficient (Wildman–Crippen LogP) is 3.96.